The van der Waals surface area contributed by atoms with Crippen LogP contribution in [0.1, 0.15) is 12.8 Å². The zero-order valence-electron chi connectivity index (χ0n) is 18.3. The SMILES string of the molecule is COC(=O)[C@H]1C[C@@H](OCCOc2cc3c(cc2-c2cc(=O)c4cccc(Cl)c4o2)OC(F)(F)O3)C1. The molecule has 2 aliphatic rings. The maximum Gasteiger partial charge on any atom is 0.586 e. The number of alkyl halides is 2. The molecule has 1 aliphatic carbocycles. The number of ether oxygens (including phenoxy) is 5. The monoisotopic (exact) mass is 508 g/mol. The van der Waals surface area contributed by atoms with Crippen LogP contribution in [-0.4, -0.2) is 38.7 Å². The molecule has 5 rings (SSSR count). The lowest BCUT2D eigenvalue weighted by Gasteiger charge is -2.32. The predicted octanol–water partition coefficient (Wildman–Crippen LogP) is 4.78. The van der Waals surface area contributed by atoms with Crippen molar-refractivity contribution in [2.45, 2.75) is 25.2 Å². The number of hydrogen-bond acceptors (Lipinski definition) is 8. The number of fused-ring (bicyclic) bond motifs is 2. The van der Waals surface area contributed by atoms with Gasteiger partial charge in [0.05, 0.1) is 41.7 Å². The first kappa shape index (κ1) is 23.4. The Labute approximate surface area is 202 Å². The van der Waals surface area contributed by atoms with Gasteiger partial charge in [-0.2, -0.15) is 0 Å². The highest BCUT2D eigenvalue weighted by Crippen LogP contribution is 2.47. The summed E-state index contributed by atoms with van der Waals surface area (Å²) in [5, 5.41) is 0.491. The first-order valence-electron chi connectivity index (χ1n) is 10.7. The lowest BCUT2D eigenvalue weighted by molar-refractivity contribution is -0.286. The summed E-state index contributed by atoms with van der Waals surface area (Å²) in [6.45, 7) is 0.233. The fraction of sp³-hybridized carbons (Fsp3) is 0.333. The molecule has 0 spiro atoms. The fourth-order valence-electron chi connectivity index (χ4n) is 3.99. The molecule has 184 valence electrons. The average molecular weight is 509 g/mol. The van der Waals surface area contributed by atoms with Gasteiger partial charge in [0.15, 0.2) is 22.5 Å². The molecule has 0 saturated heterocycles. The van der Waals surface area contributed by atoms with Crippen LogP contribution < -0.4 is 19.6 Å². The summed E-state index contributed by atoms with van der Waals surface area (Å²) in [4.78, 5) is 24.1. The van der Waals surface area contributed by atoms with Gasteiger partial charge < -0.3 is 28.1 Å². The molecule has 0 atom stereocenters. The van der Waals surface area contributed by atoms with Crippen LogP contribution >= 0.6 is 11.6 Å². The van der Waals surface area contributed by atoms with Gasteiger partial charge in [-0.15, -0.1) is 8.78 Å². The lowest BCUT2D eigenvalue weighted by atomic mass is 9.82. The second-order valence-electron chi connectivity index (χ2n) is 8.09. The van der Waals surface area contributed by atoms with Crippen LogP contribution in [0, 0.1) is 5.92 Å². The van der Waals surface area contributed by atoms with Crippen molar-refractivity contribution in [3.63, 3.8) is 0 Å². The first-order valence-corrected chi connectivity index (χ1v) is 11.1. The molecule has 2 aromatic carbocycles. The van der Waals surface area contributed by atoms with Crippen LogP contribution in [0.2, 0.25) is 5.02 Å². The van der Waals surface area contributed by atoms with Crippen LogP contribution in [0.5, 0.6) is 17.2 Å². The van der Waals surface area contributed by atoms with Gasteiger partial charge in [0.1, 0.15) is 18.1 Å². The van der Waals surface area contributed by atoms with Crippen molar-refractivity contribution in [3.05, 3.63) is 51.6 Å². The van der Waals surface area contributed by atoms with Gasteiger partial charge >= 0.3 is 12.3 Å². The minimum absolute atomic E-state index is 0.0491. The van der Waals surface area contributed by atoms with Crippen molar-refractivity contribution in [2.75, 3.05) is 20.3 Å². The second kappa shape index (κ2) is 9.01. The van der Waals surface area contributed by atoms with Gasteiger partial charge in [-0.1, -0.05) is 17.7 Å². The van der Waals surface area contributed by atoms with Gasteiger partial charge in [0, 0.05) is 12.1 Å². The van der Waals surface area contributed by atoms with E-state index in [1.807, 2.05) is 0 Å². The number of esters is 1. The van der Waals surface area contributed by atoms with Crippen molar-refractivity contribution in [1.29, 1.82) is 0 Å². The van der Waals surface area contributed by atoms with E-state index < -0.39 is 6.29 Å². The Balaban J connectivity index is 1.38. The van der Waals surface area contributed by atoms with E-state index in [-0.39, 0.29) is 81.2 Å². The third-order valence-corrected chi connectivity index (χ3v) is 6.10. The smallest absolute Gasteiger partial charge is 0.490 e. The Bertz CT molecular complexity index is 1350. The number of hydrogen-bond donors (Lipinski definition) is 0. The molecule has 0 unspecified atom stereocenters. The minimum atomic E-state index is -3.84. The van der Waals surface area contributed by atoms with Crippen LogP contribution in [0.25, 0.3) is 22.3 Å². The number of benzene rings is 2. The third kappa shape index (κ3) is 4.63. The third-order valence-electron chi connectivity index (χ3n) is 5.80. The molecular weight excluding hydrogens is 490 g/mol. The summed E-state index contributed by atoms with van der Waals surface area (Å²) in [6, 6.07) is 8.46. The minimum Gasteiger partial charge on any atom is -0.490 e. The highest BCUT2D eigenvalue weighted by atomic mass is 35.5. The molecule has 11 heteroatoms. The molecular formula is C24H19ClF2O8. The van der Waals surface area contributed by atoms with Crippen LogP contribution in [0.4, 0.5) is 8.78 Å². The van der Waals surface area contributed by atoms with E-state index in [0.29, 0.717) is 12.8 Å². The van der Waals surface area contributed by atoms with E-state index >= 15 is 0 Å². The van der Waals surface area contributed by atoms with Crippen molar-refractivity contribution in [2.24, 2.45) is 5.92 Å². The molecule has 0 amide bonds. The van der Waals surface area contributed by atoms with Crippen LogP contribution in [0.15, 0.2) is 45.6 Å². The normalized spacial score (nSPS) is 19.9. The summed E-state index contributed by atoms with van der Waals surface area (Å²) in [6.07, 6.45) is -2.83. The van der Waals surface area contributed by atoms with Gasteiger partial charge in [-0.3, -0.25) is 9.59 Å². The quantitative estimate of drug-likeness (QED) is 0.332. The average Bonchev–Trinajstić information content (AvgIpc) is 3.10. The number of para-hydroxylation sites is 1. The molecule has 1 aromatic heterocycles. The zero-order chi connectivity index (χ0) is 24.7. The van der Waals surface area contributed by atoms with Gasteiger partial charge in [-0.05, 0) is 31.0 Å². The number of methoxy groups -OCH3 is 1. The summed E-state index contributed by atoms with van der Waals surface area (Å²) < 4.78 is 58.4. The molecule has 1 fully saturated rings. The molecule has 1 aliphatic heterocycles. The first-order chi connectivity index (χ1) is 16.7. The number of rotatable bonds is 7. The van der Waals surface area contributed by atoms with Crippen LogP contribution in [0.3, 0.4) is 0 Å². The van der Waals surface area contributed by atoms with E-state index in [4.69, 9.17) is 30.2 Å². The highest BCUT2D eigenvalue weighted by Gasteiger charge is 2.44. The van der Waals surface area contributed by atoms with E-state index in [9.17, 15) is 18.4 Å². The van der Waals surface area contributed by atoms with Crippen LogP contribution in [-0.2, 0) is 14.3 Å². The van der Waals surface area contributed by atoms with Gasteiger partial charge in [-0.25, -0.2) is 0 Å². The van der Waals surface area contributed by atoms with E-state index in [1.165, 1.54) is 25.3 Å². The number of carbonyl (C=O) groups is 1. The maximum absolute atomic E-state index is 13.7. The molecule has 8 nitrogen and oxygen atoms in total. The Morgan fingerprint density at radius 2 is 1.89 bits per heavy atom. The standard InChI is InChI=1S/C24H19ClF2O8/c1-30-23(29)12-7-13(8-12)31-5-6-32-18-11-21-20(34-24(26,27)35-21)9-15(18)19-10-17(28)14-3-2-4-16(25)22(14)33-19/h2-4,9-13H,5-8H2,1H3/t12-,13+. The van der Waals surface area contributed by atoms with Gasteiger partial charge in [0.2, 0.25) is 0 Å². The van der Waals surface area contributed by atoms with E-state index in [1.54, 1.807) is 18.2 Å². The summed E-state index contributed by atoms with van der Waals surface area (Å²) in [5.41, 5.74) is -0.0244. The topological polar surface area (TPSA) is 93.4 Å². The summed E-state index contributed by atoms with van der Waals surface area (Å²) in [7, 11) is 1.34. The molecule has 3 aromatic rings. The highest BCUT2D eigenvalue weighted by molar-refractivity contribution is 6.34. The number of halogens is 3. The zero-order valence-corrected chi connectivity index (χ0v) is 19.1. The Kier molecular flexibility index (Phi) is 6.02. The van der Waals surface area contributed by atoms with Crippen molar-refractivity contribution < 1.29 is 41.7 Å². The molecule has 35 heavy (non-hydrogen) atoms. The Hall–Kier alpha value is -3.37. The molecule has 0 N–H and O–H groups in total. The van der Waals surface area contributed by atoms with Gasteiger partial charge in [0.25, 0.3) is 0 Å². The summed E-state index contributed by atoms with van der Waals surface area (Å²) >= 11 is 6.20. The predicted molar refractivity (Wildman–Crippen MR) is 119 cm³/mol. The fourth-order valence-corrected chi connectivity index (χ4v) is 4.21. The second-order valence-corrected chi connectivity index (χ2v) is 8.49. The van der Waals surface area contributed by atoms with Crippen molar-refractivity contribution in [3.8, 4) is 28.6 Å². The molecule has 1 saturated carbocycles. The number of carbonyl (C=O) groups excluding carboxylic acids is 1. The Morgan fingerprint density at radius 1 is 1.14 bits per heavy atom. The molecule has 2 heterocycles. The maximum atomic E-state index is 13.7. The Morgan fingerprint density at radius 3 is 2.63 bits per heavy atom. The summed E-state index contributed by atoms with van der Waals surface area (Å²) in [5.74, 6) is -0.734. The largest absolute Gasteiger partial charge is 0.586 e. The van der Waals surface area contributed by atoms with E-state index in [2.05, 4.69) is 9.47 Å². The van der Waals surface area contributed by atoms with E-state index in [0.717, 1.165) is 0 Å². The lowest BCUT2D eigenvalue weighted by Crippen LogP contribution is -2.37. The molecule has 0 bridgehead atoms. The van der Waals surface area contributed by atoms with Crippen molar-refractivity contribution >= 4 is 28.5 Å². The molecule has 0 radical (unpaired) electrons. The van der Waals surface area contributed by atoms with Crippen molar-refractivity contribution in [1.82, 2.24) is 0 Å².